The Labute approximate surface area is 120 Å². The van der Waals surface area contributed by atoms with Gasteiger partial charge in [0.05, 0.1) is 12.2 Å². The van der Waals surface area contributed by atoms with Crippen molar-refractivity contribution in [1.82, 2.24) is 0 Å². The van der Waals surface area contributed by atoms with Crippen LogP contribution in [0.25, 0.3) is 0 Å². The van der Waals surface area contributed by atoms with Gasteiger partial charge in [0.1, 0.15) is 0 Å². The largest absolute Gasteiger partial charge is 0.460 e. The Hall–Kier alpha value is -0.360. The van der Waals surface area contributed by atoms with Crippen LogP contribution in [0.2, 0.25) is 0 Å². The number of rotatable bonds is 4. The van der Waals surface area contributed by atoms with E-state index in [1.807, 2.05) is 0 Å². The monoisotopic (exact) mass is 304 g/mol. The fraction of sp³-hybridized carbons (Fsp3) is 0.929. The molecule has 0 aromatic rings. The molecule has 0 heterocycles. The highest BCUT2D eigenvalue weighted by Crippen LogP contribution is 2.85. The number of carbonyl (C=O) groups excluding carboxylic acids is 1. The number of aliphatic hydroxyl groups is 1. The standard InChI is InChI=1S/C14H18F2O3S/c1-20-14(15,16)10(17)19-7-11-2-8-4-12(18)5-9(3-11)13(8,12)6-11/h8-9,18H,2-7H2,1H3. The van der Waals surface area contributed by atoms with Gasteiger partial charge in [0, 0.05) is 10.8 Å². The molecule has 4 aliphatic carbocycles. The van der Waals surface area contributed by atoms with Gasteiger partial charge in [-0.05, 0) is 50.2 Å². The van der Waals surface area contributed by atoms with E-state index in [0.29, 0.717) is 11.8 Å². The highest BCUT2D eigenvalue weighted by molar-refractivity contribution is 8.00. The van der Waals surface area contributed by atoms with Crippen molar-refractivity contribution >= 4 is 17.7 Å². The minimum absolute atomic E-state index is 0.0431. The van der Waals surface area contributed by atoms with Crippen LogP contribution in [0.15, 0.2) is 0 Å². The van der Waals surface area contributed by atoms with E-state index in [9.17, 15) is 18.7 Å². The van der Waals surface area contributed by atoms with Gasteiger partial charge in [-0.15, -0.1) is 0 Å². The molecule has 1 N–H and O–H groups in total. The van der Waals surface area contributed by atoms with Crippen molar-refractivity contribution in [2.45, 2.75) is 43.0 Å². The number of alkyl halides is 2. The smallest absolute Gasteiger partial charge is 0.388 e. The average molecular weight is 304 g/mol. The van der Waals surface area contributed by atoms with Crippen LogP contribution in [0.4, 0.5) is 8.78 Å². The normalized spacial score (nSPS) is 51.2. The molecule has 0 aromatic heterocycles. The minimum atomic E-state index is -3.45. The zero-order chi connectivity index (χ0) is 14.4. The maximum Gasteiger partial charge on any atom is 0.388 e. The number of ether oxygens (including phenoxy) is 1. The molecule has 2 bridgehead atoms. The number of hydrogen-bond donors (Lipinski definition) is 1. The number of carbonyl (C=O) groups is 1. The van der Waals surface area contributed by atoms with E-state index < -0.39 is 16.8 Å². The summed E-state index contributed by atoms with van der Waals surface area (Å²) in [6, 6.07) is 0. The van der Waals surface area contributed by atoms with Crippen LogP contribution in [0.5, 0.6) is 0 Å². The summed E-state index contributed by atoms with van der Waals surface area (Å²) in [4.78, 5) is 11.4. The fourth-order valence-electron chi connectivity index (χ4n) is 5.88. The summed E-state index contributed by atoms with van der Waals surface area (Å²) < 4.78 is 31.4. The van der Waals surface area contributed by atoms with Crippen LogP contribution >= 0.6 is 11.8 Å². The van der Waals surface area contributed by atoms with Gasteiger partial charge in [-0.25, -0.2) is 4.79 Å². The van der Waals surface area contributed by atoms with Gasteiger partial charge in [0.25, 0.3) is 0 Å². The van der Waals surface area contributed by atoms with Crippen molar-refractivity contribution in [3.63, 3.8) is 0 Å². The summed E-state index contributed by atoms with van der Waals surface area (Å²) in [5, 5.41) is 7.00. The Bertz CT molecular complexity index is 477. The summed E-state index contributed by atoms with van der Waals surface area (Å²) in [6.07, 6.45) is 5.59. The minimum Gasteiger partial charge on any atom is -0.460 e. The van der Waals surface area contributed by atoms with Crippen LogP contribution in [0.1, 0.15) is 32.1 Å². The summed E-state index contributed by atoms with van der Waals surface area (Å²) in [6.45, 7) is 0.0901. The van der Waals surface area contributed by atoms with Gasteiger partial charge in [-0.3, -0.25) is 0 Å². The number of thioether (sulfide) groups is 1. The molecule has 4 rings (SSSR count). The molecule has 0 amide bonds. The van der Waals surface area contributed by atoms with Gasteiger partial charge in [-0.2, -0.15) is 8.78 Å². The lowest BCUT2D eigenvalue weighted by atomic mass is 9.35. The molecule has 6 heteroatoms. The van der Waals surface area contributed by atoms with E-state index in [0.717, 1.165) is 32.1 Å². The third-order valence-electron chi connectivity index (χ3n) is 6.52. The quantitative estimate of drug-likeness (QED) is 0.810. The first-order valence-electron chi connectivity index (χ1n) is 7.10. The molecule has 20 heavy (non-hydrogen) atoms. The third-order valence-corrected chi connectivity index (χ3v) is 7.20. The van der Waals surface area contributed by atoms with E-state index in [1.54, 1.807) is 0 Å². The van der Waals surface area contributed by atoms with Crippen LogP contribution in [-0.2, 0) is 9.53 Å². The molecule has 4 fully saturated rings. The average Bonchev–Trinajstić information content (AvgIpc) is 2.85. The Morgan fingerprint density at radius 3 is 2.40 bits per heavy atom. The van der Waals surface area contributed by atoms with E-state index in [2.05, 4.69) is 0 Å². The Morgan fingerprint density at radius 1 is 1.35 bits per heavy atom. The van der Waals surface area contributed by atoms with Crippen LogP contribution in [0, 0.1) is 22.7 Å². The fourth-order valence-corrected chi connectivity index (χ4v) is 6.11. The maximum atomic E-state index is 13.2. The lowest BCUT2D eigenvalue weighted by Crippen LogP contribution is -2.73. The summed E-state index contributed by atoms with van der Waals surface area (Å²) in [5.74, 6) is -0.398. The second-order valence-electron chi connectivity index (χ2n) is 7.26. The van der Waals surface area contributed by atoms with Crippen LogP contribution in [-0.4, -0.2) is 34.8 Å². The molecule has 3 nitrogen and oxygen atoms in total. The van der Waals surface area contributed by atoms with Crippen molar-refractivity contribution in [3.05, 3.63) is 0 Å². The maximum absolute atomic E-state index is 13.2. The van der Waals surface area contributed by atoms with Gasteiger partial charge in [0.2, 0.25) is 0 Å². The second-order valence-corrected chi connectivity index (χ2v) is 8.18. The molecule has 112 valence electrons. The Kier molecular flexibility index (Phi) is 2.34. The lowest BCUT2D eigenvalue weighted by Gasteiger charge is -2.71. The number of halogens is 2. The molecular weight excluding hydrogens is 286 g/mol. The van der Waals surface area contributed by atoms with Crippen molar-refractivity contribution in [1.29, 1.82) is 0 Å². The van der Waals surface area contributed by atoms with E-state index >= 15 is 0 Å². The Balaban J connectivity index is 1.46. The van der Waals surface area contributed by atoms with Crippen molar-refractivity contribution in [3.8, 4) is 0 Å². The molecule has 0 saturated heterocycles. The summed E-state index contributed by atoms with van der Waals surface area (Å²) >= 11 is 0.207. The van der Waals surface area contributed by atoms with E-state index in [1.165, 1.54) is 6.26 Å². The molecule has 4 saturated carbocycles. The van der Waals surface area contributed by atoms with Gasteiger partial charge in [0.15, 0.2) is 0 Å². The van der Waals surface area contributed by atoms with E-state index in [-0.39, 0.29) is 29.2 Å². The predicted octanol–water partition coefficient (Wildman–Crippen LogP) is 2.43. The SMILES string of the molecule is CSC(F)(F)C(=O)OCC12CC3CC4(O)CC(C1)C34C2. The molecule has 0 aliphatic heterocycles. The number of fused-ring (bicyclic) bond motifs is 1. The highest BCUT2D eigenvalue weighted by atomic mass is 32.2. The summed E-state index contributed by atoms with van der Waals surface area (Å²) in [7, 11) is 0. The van der Waals surface area contributed by atoms with Crippen LogP contribution < -0.4 is 0 Å². The molecule has 2 unspecified atom stereocenters. The van der Waals surface area contributed by atoms with Crippen molar-refractivity contribution in [2.75, 3.05) is 12.9 Å². The molecule has 2 atom stereocenters. The van der Waals surface area contributed by atoms with Crippen molar-refractivity contribution in [2.24, 2.45) is 22.7 Å². The third kappa shape index (κ3) is 1.29. The zero-order valence-electron chi connectivity index (χ0n) is 11.3. The van der Waals surface area contributed by atoms with E-state index in [4.69, 9.17) is 4.74 Å². The summed E-state index contributed by atoms with van der Waals surface area (Å²) in [5.41, 5.74) is -0.601. The molecule has 0 aromatic carbocycles. The first-order valence-corrected chi connectivity index (χ1v) is 8.32. The number of hydrogen-bond acceptors (Lipinski definition) is 4. The number of esters is 1. The molecule has 0 radical (unpaired) electrons. The first kappa shape index (κ1) is 13.3. The van der Waals surface area contributed by atoms with Gasteiger partial charge in [-0.1, -0.05) is 11.8 Å². The zero-order valence-corrected chi connectivity index (χ0v) is 12.1. The predicted molar refractivity (Wildman–Crippen MR) is 69.3 cm³/mol. The second kappa shape index (κ2) is 3.51. The van der Waals surface area contributed by atoms with Crippen LogP contribution in [0.3, 0.4) is 0 Å². The Morgan fingerprint density at radius 2 is 1.95 bits per heavy atom. The first-order chi connectivity index (χ1) is 9.27. The van der Waals surface area contributed by atoms with Gasteiger partial charge >= 0.3 is 11.2 Å². The topological polar surface area (TPSA) is 46.5 Å². The lowest BCUT2D eigenvalue weighted by molar-refractivity contribution is -0.306. The highest BCUT2D eigenvalue weighted by Gasteiger charge is 2.84. The van der Waals surface area contributed by atoms with Crippen molar-refractivity contribution < 1.29 is 23.4 Å². The molecular formula is C14H18F2O3S. The van der Waals surface area contributed by atoms with Gasteiger partial charge < -0.3 is 9.84 Å². The molecule has 4 aliphatic rings. The molecule has 1 spiro atoms.